The molecule has 0 spiro atoms. The lowest BCUT2D eigenvalue weighted by Crippen LogP contribution is -2.55. The largest absolute Gasteiger partial charge is 0.385 e. The summed E-state index contributed by atoms with van der Waals surface area (Å²) in [7, 11) is 0. The first-order valence-electron chi connectivity index (χ1n) is 6.64. The maximum absolute atomic E-state index is 12.7. The summed E-state index contributed by atoms with van der Waals surface area (Å²) in [6.07, 6.45) is 3.32. The molecule has 5 nitrogen and oxygen atoms in total. The van der Waals surface area contributed by atoms with E-state index in [2.05, 4.69) is 10.3 Å². The van der Waals surface area contributed by atoms with Crippen molar-refractivity contribution in [3.05, 3.63) is 24.0 Å². The number of nitrogens with one attached hydrogen (secondary N) is 1. The molecule has 1 aromatic heterocycles. The predicted molar refractivity (Wildman–Crippen MR) is 74.3 cm³/mol. The number of ether oxygens (including phenoxy) is 1. The predicted octanol–water partition coefficient (Wildman–Crippen LogP) is 1.76. The summed E-state index contributed by atoms with van der Waals surface area (Å²) in [4.78, 5) is 18.6. The molecule has 1 aromatic rings. The van der Waals surface area contributed by atoms with Gasteiger partial charge in [0.2, 0.25) is 0 Å². The first-order valence-corrected chi connectivity index (χ1v) is 6.64. The molecule has 2 heterocycles. The van der Waals surface area contributed by atoms with Crippen LogP contribution in [0.2, 0.25) is 0 Å². The van der Waals surface area contributed by atoms with Crippen molar-refractivity contribution in [2.24, 2.45) is 0 Å². The number of aromatic nitrogens is 1. The van der Waals surface area contributed by atoms with Gasteiger partial charge < -0.3 is 15.0 Å². The van der Waals surface area contributed by atoms with Crippen LogP contribution in [0.1, 0.15) is 31.1 Å². The topological polar surface area (TPSA) is 54.5 Å². The molecule has 1 fully saturated rings. The molecule has 1 saturated heterocycles. The van der Waals surface area contributed by atoms with Crippen molar-refractivity contribution in [2.45, 2.75) is 26.3 Å². The lowest BCUT2D eigenvalue weighted by atomic mass is 10.0. The second-order valence-electron chi connectivity index (χ2n) is 5.27. The van der Waals surface area contributed by atoms with E-state index in [0.29, 0.717) is 25.3 Å². The third-order valence-electron chi connectivity index (χ3n) is 3.31. The average molecular weight is 263 g/mol. The number of hydrogen-bond donors (Lipinski definition) is 1. The van der Waals surface area contributed by atoms with Gasteiger partial charge in [-0.3, -0.25) is 9.78 Å². The van der Waals surface area contributed by atoms with Gasteiger partial charge in [0.15, 0.2) is 0 Å². The number of morpholine rings is 1. The average Bonchev–Trinajstić information content (AvgIpc) is 2.38. The first kappa shape index (κ1) is 13.8. The van der Waals surface area contributed by atoms with Crippen molar-refractivity contribution in [3.8, 4) is 0 Å². The van der Waals surface area contributed by atoms with Gasteiger partial charge in [0.25, 0.3) is 5.91 Å². The summed E-state index contributed by atoms with van der Waals surface area (Å²) in [6.45, 7) is 8.60. The van der Waals surface area contributed by atoms with Crippen molar-refractivity contribution in [1.29, 1.82) is 0 Å². The molecule has 0 saturated carbocycles. The number of hydrogen-bond acceptors (Lipinski definition) is 4. The maximum Gasteiger partial charge on any atom is 0.258 e. The Balaban J connectivity index is 2.28. The van der Waals surface area contributed by atoms with E-state index < -0.39 is 0 Å². The number of carbonyl (C=O) groups excluding carboxylic acids is 1. The lowest BCUT2D eigenvalue weighted by molar-refractivity contribution is -0.0370. The highest BCUT2D eigenvalue weighted by Gasteiger charge is 2.35. The van der Waals surface area contributed by atoms with Crippen LogP contribution in [0, 0.1) is 0 Å². The molecule has 2 rings (SSSR count). The van der Waals surface area contributed by atoms with Crippen LogP contribution in [0.4, 0.5) is 5.69 Å². The Morgan fingerprint density at radius 1 is 1.58 bits per heavy atom. The summed E-state index contributed by atoms with van der Waals surface area (Å²) in [5.74, 6) is 0.0114. The molecule has 0 atom stereocenters. The van der Waals surface area contributed by atoms with Crippen molar-refractivity contribution in [2.75, 3.05) is 31.6 Å². The molecule has 0 radical (unpaired) electrons. The van der Waals surface area contributed by atoms with Crippen molar-refractivity contribution >= 4 is 11.6 Å². The van der Waals surface area contributed by atoms with Crippen LogP contribution in [-0.4, -0.2) is 47.6 Å². The minimum atomic E-state index is -0.283. The van der Waals surface area contributed by atoms with Crippen molar-refractivity contribution < 1.29 is 9.53 Å². The van der Waals surface area contributed by atoms with E-state index in [9.17, 15) is 4.79 Å². The molecule has 5 heteroatoms. The molecular weight excluding hydrogens is 242 g/mol. The van der Waals surface area contributed by atoms with Gasteiger partial charge in [0, 0.05) is 25.5 Å². The smallest absolute Gasteiger partial charge is 0.258 e. The number of pyridine rings is 1. The molecule has 0 aromatic carbocycles. The Kier molecular flexibility index (Phi) is 4.04. The quantitative estimate of drug-likeness (QED) is 0.903. The second kappa shape index (κ2) is 5.57. The van der Waals surface area contributed by atoms with E-state index in [1.165, 1.54) is 0 Å². The van der Waals surface area contributed by atoms with Gasteiger partial charge in [-0.25, -0.2) is 0 Å². The normalized spacial score (nSPS) is 18.2. The second-order valence-corrected chi connectivity index (χ2v) is 5.27. The van der Waals surface area contributed by atoms with E-state index in [1.807, 2.05) is 31.7 Å². The number of amides is 1. The lowest BCUT2D eigenvalue weighted by Gasteiger charge is -2.42. The van der Waals surface area contributed by atoms with E-state index in [-0.39, 0.29) is 11.4 Å². The molecule has 0 aliphatic carbocycles. The van der Waals surface area contributed by atoms with Crippen LogP contribution in [0.25, 0.3) is 0 Å². The fraction of sp³-hybridized carbons (Fsp3) is 0.571. The summed E-state index contributed by atoms with van der Waals surface area (Å²) in [5, 5.41) is 3.20. The maximum atomic E-state index is 12.7. The minimum Gasteiger partial charge on any atom is -0.385 e. The molecule has 1 aliphatic heterocycles. The number of rotatable bonds is 3. The highest BCUT2D eigenvalue weighted by atomic mass is 16.5. The number of carbonyl (C=O) groups is 1. The fourth-order valence-corrected chi connectivity index (χ4v) is 2.29. The molecule has 1 N–H and O–H groups in total. The van der Waals surface area contributed by atoms with E-state index >= 15 is 0 Å². The number of anilines is 1. The third kappa shape index (κ3) is 2.87. The summed E-state index contributed by atoms with van der Waals surface area (Å²) < 4.78 is 5.45. The standard InChI is InChI=1S/C14H21N3O2/c1-4-16-12-5-6-15-9-11(12)13(18)17-7-8-19-10-14(17,2)3/h5-6,9H,4,7-8,10H2,1-3H3,(H,15,16). The van der Waals surface area contributed by atoms with Crippen molar-refractivity contribution in [1.82, 2.24) is 9.88 Å². The van der Waals surface area contributed by atoms with Gasteiger partial charge in [0.1, 0.15) is 0 Å². The molecule has 1 amide bonds. The Morgan fingerprint density at radius 3 is 3.05 bits per heavy atom. The Bertz CT molecular complexity index is 460. The molecule has 0 unspecified atom stereocenters. The highest BCUT2D eigenvalue weighted by molar-refractivity contribution is 5.99. The monoisotopic (exact) mass is 263 g/mol. The molecule has 104 valence electrons. The number of nitrogens with zero attached hydrogens (tertiary/aromatic N) is 2. The molecule has 1 aliphatic rings. The van der Waals surface area contributed by atoms with Gasteiger partial charge in [-0.2, -0.15) is 0 Å². The van der Waals surface area contributed by atoms with Gasteiger partial charge in [-0.05, 0) is 26.8 Å². The summed E-state index contributed by atoms with van der Waals surface area (Å²) in [5.41, 5.74) is 1.18. The van der Waals surface area contributed by atoms with Gasteiger partial charge in [-0.15, -0.1) is 0 Å². The zero-order valence-electron chi connectivity index (χ0n) is 11.8. The van der Waals surface area contributed by atoms with Crippen LogP contribution < -0.4 is 5.32 Å². The van der Waals surface area contributed by atoms with Crippen LogP contribution >= 0.6 is 0 Å². The zero-order chi connectivity index (χ0) is 13.9. The van der Waals surface area contributed by atoms with Crippen molar-refractivity contribution in [3.63, 3.8) is 0 Å². The first-order chi connectivity index (χ1) is 9.06. The molecule has 0 bridgehead atoms. The Hall–Kier alpha value is -1.62. The molecular formula is C14H21N3O2. The Labute approximate surface area is 114 Å². The summed E-state index contributed by atoms with van der Waals surface area (Å²) in [6, 6.07) is 1.84. The van der Waals surface area contributed by atoms with Gasteiger partial charge in [-0.1, -0.05) is 0 Å². The third-order valence-corrected chi connectivity index (χ3v) is 3.31. The van der Waals surface area contributed by atoms with Crippen LogP contribution in [0.15, 0.2) is 18.5 Å². The van der Waals surface area contributed by atoms with Crippen LogP contribution in [0.3, 0.4) is 0 Å². The van der Waals surface area contributed by atoms with Crippen LogP contribution in [0.5, 0.6) is 0 Å². The zero-order valence-corrected chi connectivity index (χ0v) is 11.8. The minimum absolute atomic E-state index is 0.0114. The van der Waals surface area contributed by atoms with Gasteiger partial charge >= 0.3 is 0 Å². The Morgan fingerprint density at radius 2 is 2.37 bits per heavy atom. The van der Waals surface area contributed by atoms with E-state index in [1.54, 1.807) is 12.4 Å². The molecule has 19 heavy (non-hydrogen) atoms. The van der Waals surface area contributed by atoms with E-state index in [4.69, 9.17) is 4.74 Å². The summed E-state index contributed by atoms with van der Waals surface area (Å²) >= 11 is 0. The SMILES string of the molecule is CCNc1ccncc1C(=O)N1CCOCC1(C)C. The van der Waals surface area contributed by atoms with Crippen LogP contribution in [-0.2, 0) is 4.74 Å². The fourth-order valence-electron chi connectivity index (χ4n) is 2.29. The highest BCUT2D eigenvalue weighted by Crippen LogP contribution is 2.24. The van der Waals surface area contributed by atoms with E-state index in [0.717, 1.165) is 12.2 Å². The van der Waals surface area contributed by atoms with Gasteiger partial charge in [0.05, 0.1) is 30.0 Å².